The maximum absolute atomic E-state index is 12.4. The van der Waals surface area contributed by atoms with Gasteiger partial charge in [-0.3, -0.25) is 4.79 Å². The van der Waals surface area contributed by atoms with Crippen molar-refractivity contribution < 1.29 is 23.8 Å². The first-order valence-electron chi connectivity index (χ1n) is 8.69. The number of hydrogen-bond acceptors (Lipinski definition) is 5. The fourth-order valence-electron chi connectivity index (χ4n) is 2.43. The second-order valence-electron chi connectivity index (χ2n) is 6.38. The van der Waals surface area contributed by atoms with Crippen LogP contribution in [0.15, 0.2) is 42.5 Å². The molecule has 6 heteroatoms. The van der Waals surface area contributed by atoms with Crippen LogP contribution in [0.1, 0.15) is 42.6 Å². The van der Waals surface area contributed by atoms with Crippen LogP contribution in [0.3, 0.4) is 0 Å². The van der Waals surface area contributed by atoms with E-state index in [1.54, 1.807) is 30.3 Å². The molecule has 144 valence electrons. The topological polar surface area (TPSA) is 73.9 Å². The van der Waals surface area contributed by atoms with E-state index in [2.05, 4.69) is 19.2 Å². The summed E-state index contributed by atoms with van der Waals surface area (Å²) in [5.74, 6) is 0.407. The van der Waals surface area contributed by atoms with Gasteiger partial charge in [-0.15, -0.1) is 0 Å². The van der Waals surface area contributed by atoms with E-state index in [9.17, 15) is 9.59 Å². The summed E-state index contributed by atoms with van der Waals surface area (Å²) < 4.78 is 15.7. The molecule has 0 fully saturated rings. The summed E-state index contributed by atoms with van der Waals surface area (Å²) in [6, 6.07) is 12.2. The lowest BCUT2D eigenvalue weighted by Gasteiger charge is -2.16. The second kappa shape index (κ2) is 9.07. The lowest BCUT2D eigenvalue weighted by Crippen LogP contribution is -2.30. The van der Waals surface area contributed by atoms with Crippen molar-refractivity contribution >= 4 is 17.6 Å². The van der Waals surface area contributed by atoms with Gasteiger partial charge in [-0.25, -0.2) is 4.79 Å². The number of anilines is 1. The van der Waals surface area contributed by atoms with Crippen LogP contribution < -0.4 is 14.8 Å². The van der Waals surface area contributed by atoms with E-state index in [1.165, 1.54) is 21.1 Å². The van der Waals surface area contributed by atoms with Crippen molar-refractivity contribution in [2.24, 2.45) is 0 Å². The number of ether oxygens (including phenoxy) is 3. The molecule has 0 aromatic heterocycles. The zero-order valence-electron chi connectivity index (χ0n) is 16.2. The number of esters is 1. The van der Waals surface area contributed by atoms with E-state index in [1.807, 2.05) is 12.1 Å². The molecule has 0 spiro atoms. The normalized spacial score (nSPS) is 11.6. The summed E-state index contributed by atoms with van der Waals surface area (Å²) in [7, 11) is 3.03. The molecule has 1 N–H and O–H groups in total. The highest BCUT2D eigenvalue weighted by atomic mass is 16.5. The minimum absolute atomic E-state index is 0.373. The highest BCUT2D eigenvalue weighted by Crippen LogP contribution is 2.29. The van der Waals surface area contributed by atoms with Crippen molar-refractivity contribution in [3.05, 3.63) is 53.6 Å². The van der Waals surface area contributed by atoms with Gasteiger partial charge in [0.15, 0.2) is 6.10 Å². The molecule has 0 saturated carbocycles. The number of nitrogens with one attached hydrogen (secondary N) is 1. The average molecular weight is 371 g/mol. The van der Waals surface area contributed by atoms with Crippen LogP contribution in [0.25, 0.3) is 0 Å². The number of rotatable bonds is 7. The molecule has 0 aliphatic heterocycles. The third-order valence-corrected chi connectivity index (χ3v) is 4.13. The Kier molecular flexibility index (Phi) is 6.82. The van der Waals surface area contributed by atoms with Crippen LogP contribution in [-0.2, 0) is 9.53 Å². The Morgan fingerprint density at radius 1 is 0.926 bits per heavy atom. The average Bonchev–Trinajstić information content (AvgIpc) is 2.67. The SMILES string of the molecule is COc1ccc(OC)c(NC(=O)C(C)OC(=O)c2ccc(C(C)C)cc2)c1. The zero-order chi connectivity index (χ0) is 20.0. The maximum Gasteiger partial charge on any atom is 0.338 e. The molecule has 0 aliphatic carbocycles. The van der Waals surface area contributed by atoms with Crippen molar-refractivity contribution in [2.75, 3.05) is 19.5 Å². The first kappa shape index (κ1) is 20.3. The number of amides is 1. The highest BCUT2D eigenvalue weighted by Gasteiger charge is 2.20. The van der Waals surface area contributed by atoms with Crippen molar-refractivity contribution in [3.63, 3.8) is 0 Å². The minimum atomic E-state index is -0.974. The van der Waals surface area contributed by atoms with Gasteiger partial charge in [-0.2, -0.15) is 0 Å². The molecule has 1 amide bonds. The zero-order valence-corrected chi connectivity index (χ0v) is 16.2. The summed E-state index contributed by atoms with van der Waals surface area (Å²) in [5.41, 5.74) is 1.96. The fraction of sp³-hybridized carbons (Fsp3) is 0.333. The Hall–Kier alpha value is -3.02. The van der Waals surface area contributed by atoms with Crippen LogP contribution in [0.4, 0.5) is 5.69 Å². The van der Waals surface area contributed by atoms with Crippen molar-refractivity contribution in [1.29, 1.82) is 0 Å². The van der Waals surface area contributed by atoms with E-state index in [0.29, 0.717) is 28.7 Å². The third kappa shape index (κ3) is 5.23. The summed E-state index contributed by atoms with van der Waals surface area (Å²) in [6.45, 7) is 5.67. The molecule has 0 heterocycles. The largest absolute Gasteiger partial charge is 0.497 e. The van der Waals surface area contributed by atoms with Crippen LogP contribution in [0.5, 0.6) is 11.5 Å². The summed E-state index contributed by atoms with van der Waals surface area (Å²) in [4.78, 5) is 24.7. The number of carbonyl (C=O) groups excluding carboxylic acids is 2. The number of carbonyl (C=O) groups is 2. The van der Waals surface area contributed by atoms with Gasteiger partial charge in [0.1, 0.15) is 11.5 Å². The molecule has 1 unspecified atom stereocenters. The maximum atomic E-state index is 12.4. The molecule has 2 aromatic carbocycles. The highest BCUT2D eigenvalue weighted by molar-refractivity contribution is 5.98. The van der Waals surface area contributed by atoms with E-state index in [-0.39, 0.29) is 0 Å². The van der Waals surface area contributed by atoms with E-state index >= 15 is 0 Å². The van der Waals surface area contributed by atoms with Gasteiger partial charge in [-0.05, 0) is 42.7 Å². The predicted molar refractivity (Wildman–Crippen MR) is 104 cm³/mol. The van der Waals surface area contributed by atoms with Gasteiger partial charge >= 0.3 is 5.97 Å². The predicted octanol–water partition coefficient (Wildman–Crippen LogP) is 4.01. The lowest BCUT2D eigenvalue weighted by molar-refractivity contribution is -0.123. The summed E-state index contributed by atoms with van der Waals surface area (Å²) in [6.07, 6.45) is -0.974. The van der Waals surface area contributed by atoms with E-state index < -0.39 is 18.0 Å². The van der Waals surface area contributed by atoms with Crippen molar-refractivity contribution in [3.8, 4) is 11.5 Å². The Bertz CT molecular complexity index is 799. The molecule has 1 atom stereocenters. The van der Waals surface area contributed by atoms with Gasteiger partial charge in [-0.1, -0.05) is 26.0 Å². The molecule has 2 aromatic rings. The van der Waals surface area contributed by atoms with Gasteiger partial charge < -0.3 is 19.5 Å². The minimum Gasteiger partial charge on any atom is -0.497 e. The van der Waals surface area contributed by atoms with Gasteiger partial charge in [0, 0.05) is 6.07 Å². The van der Waals surface area contributed by atoms with Crippen molar-refractivity contribution in [1.82, 2.24) is 0 Å². The lowest BCUT2D eigenvalue weighted by atomic mass is 10.0. The first-order valence-corrected chi connectivity index (χ1v) is 8.69. The number of methoxy groups -OCH3 is 2. The quantitative estimate of drug-likeness (QED) is 0.745. The van der Waals surface area contributed by atoms with Crippen LogP contribution in [-0.4, -0.2) is 32.2 Å². The number of hydrogen-bond donors (Lipinski definition) is 1. The monoisotopic (exact) mass is 371 g/mol. The van der Waals surface area contributed by atoms with Gasteiger partial charge in [0.25, 0.3) is 5.91 Å². The Morgan fingerprint density at radius 2 is 1.59 bits per heavy atom. The standard InChI is InChI=1S/C21H25NO5/c1-13(2)15-6-8-16(9-7-15)21(24)27-14(3)20(23)22-18-12-17(25-4)10-11-19(18)26-5/h6-14H,1-5H3,(H,22,23). The first-order chi connectivity index (χ1) is 12.8. The molecule has 6 nitrogen and oxygen atoms in total. The molecule has 27 heavy (non-hydrogen) atoms. The Morgan fingerprint density at radius 3 is 2.15 bits per heavy atom. The molecule has 0 bridgehead atoms. The second-order valence-corrected chi connectivity index (χ2v) is 6.38. The molecule has 2 rings (SSSR count). The summed E-state index contributed by atoms with van der Waals surface area (Å²) in [5, 5.41) is 2.70. The van der Waals surface area contributed by atoms with Gasteiger partial charge in [0.05, 0.1) is 25.5 Å². The van der Waals surface area contributed by atoms with Crippen LogP contribution >= 0.6 is 0 Å². The Balaban J connectivity index is 2.04. The number of benzene rings is 2. The summed E-state index contributed by atoms with van der Waals surface area (Å²) >= 11 is 0. The van der Waals surface area contributed by atoms with Crippen molar-refractivity contribution in [2.45, 2.75) is 32.8 Å². The van der Waals surface area contributed by atoms with Gasteiger partial charge in [0.2, 0.25) is 0 Å². The molecular weight excluding hydrogens is 346 g/mol. The molecule has 0 aliphatic rings. The van der Waals surface area contributed by atoms with Crippen LogP contribution in [0, 0.1) is 0 Å². The third-order valence-electron chi connectivity index (χ3n) is 4.13. The molecule has 0 saturated heterocycles. The van der Waals surface area contributed by atoms with Crippen LogP contribution in [0.2, 0.25) is 0 Å². The molecule has 0 radical (unpaired) electrons. The smallest absolute Gasteiger partial charge is 0.338 e. The van der Waals surface area contributed by atoms with E-state index in [0.717, 1.165) is 5.56 Å². The molecular formula is C21H25NO5. The van der Waals surface area contributed by atoms with E-state index in [4.69, 9.17) is 14.2 Å². The fourth-order valence-corrected chi connectivity index (χ4v) is 2.43. The Labute approximate surface area is 159 Å².